The zero-order valence-corrected chi connectivity index (χ0v) is 12.7. The fourth-order valence-electron chi connectivity index (χ4n) is 1.30. The van der Waals surface area contributed by atoms with Crippen LogP contribution >= 0.6 is 15.9 Å². The average molecular weight is 320 g/mol. The lowest BCUT2D eigenvalue weighted by Gasteiger charge is -2.18. The fourth-order valence-corrected chi connectivity index (χ4v) is 3.33. The van der Waals surface area contributed by atoms with Gasteiger partial charge in [-0.2, -0.15) is 0 Å². The third kappa shape index (κ3) is 4.77. The molecule has 5 heteroatoms. The van der Waals surface area contributed by atoms with Gasteiger partial charge in [-0.15, -0.1) is 0 Å². The molecule has 0 heterocycles. The molecule has 0 aliphatic carbocycles. The minimum Gasteiger partial charge on any atom is -0.211 e. The Morgan fingerprint density at radius 3 is 2.35 bits per heavy atom. The number of hydrogen-bond acceptors (Lipinski definition) is 2. The number of halogens is 1. The van der Waals surface area contributed by atoms with Gasteiger partial charge in [0.15, 0.2) is 0 Å². The Kier molecular flexibility index (Phi) is 4.75. The molecule has 0 aromatic heterocycles. The molecule has 1 aromatic rings. The summed E-state index contributed by atoms with van der Waals surface area (Å²) in [4.78, 5) is 0.286. The van der Waals surface area contributed by atoms with E-state index in [1.54, 1.807) is 24.3 Å². The minimum absolute atomic E-state index is 0.121. The highest BCUT2D eigenvalue weighted by Gasteiger charge is 2.18. The highest BCUT2D eigenvalue weighted by Crippen LogP contribution is 2.22. The molecule has 0 saturated heterocycles. The van der Waals surface area contributed by atoms with Gasteiger partial charge >= 0.3 is 0 Å². The van der Waals surface area contributed by atoms with Crippen LogP contribution in [0.4, 0.5) is 0 Å². The maximum Gasteiger partial charge on any atom is 0.241 e. The van der Waals surface area contributed by atoms with Crippen molar-refractivity contribution in [1.29, 1.82) is 0 Å². The third-order valence-electron chi connectivity index (χ3n) is 2.29. The monoisotopic (exact) mass is 319 g/mol. The molecule has 0 unspecified atom stereocenters. The smallest absolute Gasteiger partial charge is 0.211 e. The van der Waals surface area contributed by atoms with Crippen molar-refractivity contribution in [2.75, 3.05) is 6.54 Å². The number of nitrogens with one attached hydrogen (secondary N) is 1. The van der Waals surface area contributed by atoms with E-state index in [-0.39, 0.29) is 10.3 Å². The second-order valence-electron chi connectivity index (χ2n) is 5.14. The largest absolute Gasteiger partial charge is 0.241 e. The molecule has 0 saturated carbocycles. The van der Waals surface area contributed by atoms with Crippen molar-refractivity contribution in [2.45, 2.75) is 32.1 Å². The lowest BCUT2D eigenvalue weighted by molar-refractivity contribution is 0.378. The van der Waals surface area contributed by atoms with Crippen LogP contribution in [0, 0.1) is 5.41 Å². The van der Waals surface area contributed by atoms with Crippen molar-refractivity contribution < 1.29 is 8.42 Å². The van der Waals surface area contributed by atoms with Crippen LogP contribution in [0.2, 0.25) is 0 Å². The van der Waals surface area contributed by atoms with Crippen LogP contribution in [-0.4, -0.2) is 15.0 Å². The van der Waals surface area contributed by atoms with Gasteiger partial charge < -0.3 is 0 Å². The highest BCUT2D eigenvalue weighted by molar-refractivity contribution is 9.10. The van der Waals surface area contributed by atoms with Crippen LogP contribution in [0.5, 0.6) is 0 Å². The normalized spacial score (nSPS) is 12.7. The van der Waals surface area contributed by atoms with Crippen LogP contribution in [0.1, 0.15) is 27.2 Å². The van der Waals surface area contributed by atoms with E-state index in [1.807, 2.05) is 0 Å². The topological polar surface area (TPSA) is 46.2 Å². The molecule has 0 aliphatic rings. The van der Waals surface area contributed by atoms with Crippen molar-refractivity contribution in [3.63, 3.8) is 0 Å². The molecule has 1 aromatic carbocycles. The molecular formula is C12H18BrNO2S. The van der Waals surface area contributed by atoms with Crippen molar-refractivity contribution in [3.05, 3.63) is 28.7 Å². The lowest BCUT2D eigenvalue weighted by Crippen LogP contribution is -2.27. The van der Waals surface area contributed by atoms with E-state index in [1.165, 1.54) is 0 Å². The van der Waals surface area contributed by atoms with Crippen molar-refractivity contribution in [1.82, 2.24) is 4.72 Å². The van der Waals surface area contributed by atoms with Crippen molar-refractivity contribution >= 4 is 26.0 Å². The predicted octanol–water partition coefficient (Wildman–Crippen LogP) is 3.16. The first kappa shape index (κ1) is 14.7. The first-order valence-corrected chi connectivity index (χ1v) is 7.74. The Morgan fingerprint density at radius 1 is 1.24 bits per heavy atom. The van der Waals surface area contributed by atoms with E-state index in [9.17, 15) is 8.42 Å². The van der Waals surface area contributed by atoms with Gasteiger partial charge in [0, 0.05) is 11.0 Å². The number of rotatable bonds is 4. The minimum atomic E-state index is -3.41. The quantitative estimate of drug-likeness (QED) is 0.926. The van der Waals surface area contributed by atoms with Crippen LogP contribution < -0.4 is 4.72 Å². The van der Waals surface area contributed by atoms with Gasteiger partial charge in [0.2, 0.25) is 10.0 Å². The third-order valence-corrected chi connectivity index (χ3v) is 4.77. The summed E-state index contributed by atoms with van der Waals surface area (Å²) < 4.78 is 27.2. The summed E-state index contributed by atoms with van der Waals surface area (Å²) in [5.41, 5.74) is 0.121. The molecule has 0 fully saturated rings. The summed E-state index contributed by atoms with van der Waals surface area (Å²) in [6.07, 6.45) is 0.802. The maximum absolute atomic E-state index is 12.0. The highest BCUT2D eigenvalue weighted by atomic mass is 79.9. The SMILES string of the molecule is CC(C)(C)CCNS(=O)(=O)c1ccccc1Br. The Labute approximate surface area is 112 Å². The number of sulfonamides is 1. The van der Waals surface area contributed by atoms with Gasteiger partial charge in [0.05, 0.1) is 4.90 Å². The Balaban J connectivity index is 2.74. The maximum atomic E-state index is 12.0. The van der Waals surface area contributed by atoms with Crippen LogP contribution in [0.3, 0.4) is 0 Å². The van der Waals surface area contributed by atoms with E-state index in [0.717, 1.165) is 6.42 Å². The van der Waals surface area contributed by atoms with Crippen LogP contribution in [-0.2, 0) is 10.0 Å². The Bertz CT molecular complexity index is 478. The summed E-state index contributed by atoms with van der Waals surface area (Å²) in [5, 5.41) is 0. The van der Waals surface area contributed by atoms with Crippen LogP contribution in [0.15, 0.2) is 33.6 Å². The van der Waals surface area contributed by atoms with Crippen molar-refractivity contribution in [3.8, 4) is 0 Å². The zero-order chi connectivity index (χ0) is 13.1. The molecule has 96 valence electrons. The summed E-state index contributed by atoms with van der Waals surface area (Å²) in [7, 11) is -3.41. The van der Waals surface area contributed by atoms with Gasteiger partial charge in [-0.3, -0.25) is 0 Å². The van der Waals surface area contributed by atoms with E-state index >= 15 is 0 Å². The summed E-state index contributed by atoms with van der Waals surface area (Å²) in [6.45, 7) is 6.70. The lowest BCUT2D eigenvalue weighted by atomic mass is 9.93. The predicted molar refractivity (Wildman–Crippen MR) is 73.4 cm³/mol. The number of hydrogen-bond donors (Lipinski definition) is 1. The molecule has 0 amide bonds. The Hall–Kier alpha value is -0.390. The van der Waals surface area contributed by atoms with E-state index in [0.29, 0.717) is 11.0 Å². The average Bonchev–Trinajstić information content (AvgIpc) is 2.15. The van der Waals surface area contributed by atoms with Gasteiger partial charge in [-0.05, 0) is 39.9 Å². The molecule has 3 nitrogen and oxygen atoms in total. The standard InChI is InChI=1S/C12H18BrNO2S/c1-12(2,3)8-9-14-17(15,16)11-7-5-4-6-10(11)13/h4-7,14H,8-9H2,1-3H3. The van der Waals surface area contributed by atoms with Gasteiger partial charge in [0.25, 0.3) is 0 Å². The molecule has 0 aliphatic heterocycles. The zero-order valence-electron chi connectivity index (χ0n) is 10.3. The molecule has 0 spiro atoms. The summed E-state index contributed by atoms with van der Waals surface area (Å²) in [6, 6.07) is 6.81. The van der Waals surface area contributed by atoms with E-state index in [2.05, 4.69) is 41.4 Å². The van der Waals surface area contributed by atoms with Crippen LogP contribution in [0.25, 0.3) is 0 Å². The summed E-state index contributed by atoms with van der Waals surface area (Å²) in [5.74, 6) is 0. The second-order valence-corrected chi connectivity index (χ2v) is 7.73. The molecule has 0 atom stereocenters. The molecule has 1 N–H and O–H groups in total. The fraction of sp³-hybridized carbons (Fsp3) is 0.500. The Morgan fingerprint density at radius 2 is 1.82 bits per heavy atom. The first-order chi connectivity index (χ1) is 7.72. The van der Waals surface area contributed by atoms with E-state index in [4.69, 9.17) is 0 Å². The number of benzene rings is 1. The first-order valence-electron chi connectivity index (χ1n) is 5.47. The molecule has 0 bridgehead atoms. The molecule has 0 radical (unpaired) electrons. The van der Waals surface area contributed by atoms with Crippen molar-refractivity contribution in [2.24, 2.45) is 5.41 Å². The second kappa shape index (κ2) is 5.50. The summed E-state index contributed by atoms with van der Waals surface area (Å²) >= 11 is 3.24. The van der Waals surface area contributed by atoms with Gasteiger partial charge in [-0.1, -0.05) is 32.9 Å². The molecular weight excluding hydrogens is 302 g/mol. The molecule has 17 heavy (non-hydrogen) atoms. The molecule has 1 rings (SSSR count). The van der Waals surface area contributed by atoms with Gasteiger partial charge in [-0.25, -0.2) is 13.1 Å². The van der Waals surface area contributed by atoms with E-state index < -0.39 is 10.0 Å². The van der Waals surface area contributed by atoms with Gasteiger partial charge in [0.1, 0.15) is 0 Å².